The van der Waals surface area contributed by atoms with Gasteiger partial charge in [-0.15, -0.1) is 0 Å². The van der Waals surface area contributed by atoms with Crippen molar-refractivity contribution in [2.45, 2.75) is 63.2 Å². The zero-order valence-corrected chi connectivity index (χ0v) is 14.4. The van der Waals surface area contributed by atoms with Gasteiger partial charge in [0.1, 0.15) is 5.54 Å². The Bertz CT molecular complexity index is 377. The number of carbonyl (C=O) groups excluding carboxylic acids is 1. The molecule has 0 saturated carbocycles. The number of carboxylic acid groups (broad SMARTS) is 1. The third-order valence-electron chi connectivity index (χ3n) is 4.88. The molecule has 1 atom stereocenters. The van der Waals surface area contributed by atoms with Gasteiger partial charge in [0, 0.05) is 17.8 Å². The van der Waals surface area contributed by atoms with Crippen molar-refractivity contribution in [2.75, 3.05) is 19.3 Å². The lowest BCUT2D eigenvalue weighted by Gasteiger charge is -2.42. The molecule has 0 aromatic rings. The van der Waals surface area contributed by atoms with E-state index in [9.17, 15) is 14.7 Å². The Morgan fingerprint density at radius 2 is 1.95 bits per heavy atom. The molecule has 1 rings (SSSR count). The van der Waals surface area contributed by atoms with Gasteiger partial charge >= 0.3 is 12.0 Å². The van der Waals surface area contributed by atoms with Crippen LogP contribution in [0.5, 0.6) is 0 Å². The van der Waals surface area contributed by atoms with Crippen molar-refractivity contribution >= 4 is 23.8 Å². The number of nitrogens with zero attached hydrogens (tertiary/aromatic N) is 1. The third kappa shape index (κ3) is 3.84. The van der Waals surface area contributed by atoms with Crippen LogP contribution in [-0.2, 0) is 4.79 Å². The second-order valence-corrected chi connectivity index (χ2v) is 7.21. The quantitative estimate of drug-likeness (QED) is 0.790. The number of piperidine rings is 1. The van der Waals surface area contributed by atoms with Crippen molar-refractivity contribution in [1.29, 1.82) is 0 Å². The van der Waals surface area contributed by atoms with Crippen LogP contribution < -0.4 is 5.32 Å². The summed E-state index contributed by atoms with van der Waals surface area (Å²) >= 11 is 1.76. The van der Waals surface area contributed by atoms with Crippen LogP contribution in [0.4, 0.5) is 4.79 Å². The number of rotatable bonds is 6. The Morgan fingerprint density at radius 1 is 1.33 bits per heavy atom. The fourth-order valence-electron chi connectivity index (χ4n) is 2.86. The van der Waals surface area contributed by atoms with Crippen molar-refractivity contribution < 1.29 is 14.7 Å². The Balaban J connectivity index is 2.75. The number of hydrogen-bond donors (Lipinski definition) is 2. The number of amides is 2. The maximum atomic E-state index is 12.5. The third-order valence-corrected chi connectivity index (χ3v) is 6.47. The molecule has 0 radical (unpaired) electrons. The van der Waals surface area contributed by atoms with Gasteiger partial charge in [-0.2, -0.15) is 11.8 Å². The highest BCUT2D eigenvalue weighted by Gasteiger charge is 2.44. The second kappa shape index (κ2) is 7.38. The number of likely N-dealkylation sites (tertiary alicyclic amines) is 1. The van der Waals surface area contributed by atoms with Gasteiger partial charge < -0.3 is 15.3 Å². The molecule has 1 fully saturated rings. The molecule has 1 saturated heterocycles. The lowest BCUT2D eigenvalue weighted by Crippen LogP contribution is -2.60. The average Bonchev–Trinajstić information content (AvgIpc) is 2.49. The fourth-order valence-corrected chi connectivity index (χ4v) is 3.66. The molecular weight excluding hydrogens is 288 g/mol. The first kappa shape index (κ1) is 18.1. The van der Waals surface area contributed by atoms with E-state index in [2.05, 4.69) is 25.4 Å². The van der Waals surface area contributed by atoms with Gasteiger partial charge in [-0.1, -0.05) is 13.8 Å². The Labute approximate surface area is 131 Å². The first-order valence-electron chi connectivity index (χ1n) is 7.69. The largest absolute Gasteiger partial charge is 0.480 e. The number of urea groups is 1. The molecule has 21 heavy (non-hydrogen) atoms. The van der Waals surface area contributed by atoms with Crippen LogP contribution in [0.1, 0.15) is 52.9 Å². The summed E-state index contributed by atoms with van der Waals surface area (Å²) in [6.45, 7) is 6.98. The molecule has 1 unspecified atom stereocenters. The highest BCUT2D eigenvalue weighted by atomic mass is 32.2. The monoisotopic (exact) mass is 316 g/mol. The molecule has 0 aromatic heterocycles. The van der Waals surface area contributed by atoms with E-state index in [1.54, 1.807) is 18.7 Å². The molecule has 1 aliphatic rings. The van der Waals surface area contributed by atoms with Crippen LogP contribution in [0.25, 0.3) is 0 Å². The minimum Gasteiger partial charge on any atom is -0.480 e. The minimum absolute atomic E-state index is 0.0328. The molecule has 5 nitrogen and oxygen atoms in total. The fraction of sp³-hybridized carbons (Fsp3) is 0.867. The molecule has 0 bridgehead atoms. The summed E-state index contributed by atoms with van der Waals surface area (Å²) < 4.78 is 0.0328. The molecule has 0 aromatic carbocycles. The van der Waals surface area contributed by atoms with E-state index in [-0.39, 0.29) is 10.8 Å². The summed E-state index contributed by atoms with van der Waals surface area (Å²) in [4.78, 5) is 25.5. The van der Waals surface area contributed by atoms with E-state index in [4.69, 9.17) is 0 Å². The highest BCUT2D eigenvalue weighted by molar-refractivity contribution is 8.00. The molecule has 122 valence electrons. The van der Waals surface area contributed by atoms with Gasteiger partial charge in [0.05, 0.1) is 0 Å². The Kier molecular flexibility index (Phi) is 6.38. The van der Waals surface area contributed by atoms with Crippen molar-refractivity contribution in [3.8, 4) is 0 Å². The smallest absolute Gasteiger partial charge is 0.329 e. The van der Waals surface area contributed by atoms with Crippen molar-refractivity contribution in [3.63, 3.8) is 0 Å². The molecule has 0 aliphatic carbocycles. The van der Waals surface area contributed by atoms with Gasteiger partial charge in [-0.25, -0.2) is 9.59 Å². The van der Waals surface area contributed by atoms with Crippen LogP contribution >= 0.6 is 11.8 Å². The number of hydrogen-bond acceptors (Lipinski definition) is 3. The molecule has 1 heterocycles. The summed E-state index contributed by atoms with van der Waals surface area (Å²) in [6, 6.07) is -0.250. The van der Waals surface area contributed by atoms with E-state index < -0.39 is 11.5 Å². The predicted molar refractivity (Wildman–Crippen MR) is 86.8 cm³/mol. The zero-order chi connectivity index (χ0) is 16.1. The van der Waals surface area contributed by atoms with Gasteiger partial charge in [0.25, 0.3) is 0 Å². The number of nitrogens with one attached hydrogen (secondary N) is 1. The standard InChI is InChI=1S/C15H28N2O3S/c1-5-15(6-2,21-4)11-16-13(20)17-10-8-7-9-14(17,3)12(18)19/h5-11H2,1-4H3,(H,16,20)(H,18,19). The van der Waals surface area contributed by atoms with E-state index in [1.165, 1.54) is 4.90 Å². The number of aliphatic carboxylic acids is 1. The zero-order valence-electron chi connectivity index (χ0n) is 13.6. The maximum absolute atomic E-state index is 12.5. The van der Waals surface area contributed by atoms with E-state index in [1.807, 2.05) is 0 Å². The van der Waals surface area contributed by atoms with Gasteiger partial charge in [-0.05, 0) is 45.3 Å². The van der Waals surface area contributed by atoms with Crippen molar-refractivity contribution in [1.82, 2.24) is 10.2 Å². The van der Waals surface area contributed by atoms with Crippen LogP contribution in [0.2, 0.25) is 0 Å². The first-order chi connectivity index (χ1) is 9.85. The van der Waals surface area contributed by atoms with Crippen molar-refractivity contribution in [2.24, 2.45) is 0 Å². The van der Waals surface area contributed by atoms with Crippen LogP contribution in [0.15, 0.2) is 0 Å². The topological polar surface area (TPSA) is 69.6 Å². The lowest BCUT2D eigenvalue weighted by molar-refractivity contribution is -0.150. The summed E-state index contributed by atoms with van der Waals surface area (Å²) in [5.74, 6) is -0.917. The maximum Gasteiger partial charge on any atom is 0.329 e. The molecule has 1 aliphatic heterocycles. The number of thioether (sulfide) groups is 1. The first-order valence-corrected chi connectivity index (χ1v) is 8.91. The molecule has 6 heteroatoms. The van der Waals surface area contributed by atoms with Gasteiger partial charge in [-0.3, -0.25) is 0 Å². The molecule has 2 amide bonds. The Morgan fingerprint density at radius 3 is 2.43 bits per heavy atom. The van der Waals surface area contributed by atoms with Crippen LogP contribution in [-0.4, -0.2) is 51.6 Å². The SMILES string of the molecule is CCC(CC)(CNC(=O)N1CCCCC1(C)C(=O)O)SC. The Hall–Kier alpha value is -0.910. The van der Waals surface area contributed by atoms with Crippen LogP contribution in [0, 0.1) is 0 Å². The van der Waals surface area contributed by atoms with Gasteiger partial charge in [0.15, 0.2) is 0 Å². The second-order valence-electron chi connectivity index (χ2n) is 5.94. The lowest BCUT2D eigenvalue weighted by atomic mass is 9.89. The normalized spacial score (nSPS) is 23.0. The van der Waals surface area contributed by atoms with E-state index in [0.717, 1.165) is 25.7 Å². The highest BCUT2D eigenvalue weighted by Crippen LogP contribution is 2.31. The van der Waals surface area contributed by atoms with Gasteiger partial charge in [0.2, 0.25) is 0 Å². The average molecular weight is 316 g/mol. The van der Waals surface area contributed by atoms with Crippen molar-refractivity contribution in [3.05, 3.63) is 0 Å². The summed E-state index contributed by atoms with van der Waals surface area (Å²) in [6.07, 6.45) is 6.24. The molecule has 2 N–H and O–H groups in total. The van der Waals surface area contributed by atoms with E-state index in [0.29, 0.717) is 19.5 Å². The number of carboxylic acids is 1. The van der Waals surface area contributed by atoms with Crippen LogP contribution in [0.3, 0.4) is 0 Å². The predicted octanol–water partition coefficient (Wildman–Crippen LogP) is 2.95. The van der Waals surface area contributed by atoms with E-state index >= 15 is 0 Å². The minimum atomic E-state index is -1.08. The molecular formula is C15H28N2O3S. The summed E-state index contributed by atoms with van der Waals surface area (Å²) in [7, 11) is 0. The summed E-state index contributed by atoms with van der Waals surface area (Å²) in [5.41, 5.74) is -1.08. The number of carbonyl (C=O) groups is 2. The molecule has 0 spiro atoms. The summed E-state index contributed by atoms with van der Waals surface area (Å²) in [5, 5.41) is 12.4.